The normalized spacial score (nSPS) is 32.0. The molecule has 1 saturated carbocycles. The molecule has 0 aromatic heterocycles. The lowest BCUT2D eigenvalue weighted by atomic mass is 9.62. The molecule has 1 fully saturated rings. The van der Waals surface area contributed by atoms with Crippen molar-refractivity contribution in [1.29, 1.82) is 0 Å². The number of ketones is 1. The molecule has 0 bridgehead atoms. The molecule has 0 spiro atoms. The van der Waals surface area contributed by atoms with Crippen LogP contribution in [0, 0.1) is 17.3 Å². The summed E-state index contributed by atoms with van der Waals surface area (Å²) in [4.78, 5) is 11.9. The fourth-order valence-electron chi connectivity index (χ4n) is 2.91. The standard InChI is InChI=1S/C13H22O/c1-5-7-11(14)12-10(2)8-6-9-13(12,3)4/h5,7,10,12H,6,8-9H2,1-4H3/b7-5-/t10-,12+/m0/s1. The van der Waals surface area contributed by atoms with E-state index in [-0.39, 0.29) is 11.3 Å². The highest BCUT2D eigenvalue weighted by molar-refractivity contribution is 5.92. The van der Waals surface area contributed by atoms with Crippen molar-refractivity contribution in [2.24, 2.45) is 17.3 Å². The Balaban J connectivity index is 2.85. The zero-order valence-electron chi connectivity index (χ0n) is 9.84. The van der Waals surface area contributed by atoms with Crippen molar-refractivity contribution in [2.45, 2.75) is 47.0 Å². The Hall–Kier alpha value is -0.590. The second-order valence-corrected chi connectivity index (χ2v) is 5.24. The maximum Gasteiger partial charge on any atom is 0.159 e. The first-order valence-corrected chi connectivity index (χ1v) is 5.65. The molecule has 1 aliphatic carbocycles. The number of carbonyl (C=O) groups excluding carboxylic acids is 1. The van der Waals surface area contributed by atoms with Gasteiger partial charge in [-0.25, -0.2) is 0 Å². The predicted molar refractivity (Wildman–Crippen MR) is 60.1 cm³/mol. The van der Waals surface area contributed by atoms with Gasteiger partial charge in [-0.3, -0.25) is 4.79 Å². The number of rotatable bonds is 2. The molecular formula is C13H22O. The third kappa shape index (κ3) is 2.26. The summed E-state index contributed by atoms with van der Waals surface area (Å²) in [5.74, 6) is 1.10. The van der Waals surface area contributed by atoms with Crippen molar-refractivity contribution in [1.82, 2.24) is 0 Å². The first-order chi connectivity index (χ1) is 6.49. The lowest BCUT2D eigenvalue weighted by molar-refractivity contribution is -0.125. The average molecular weight is 194 g/mol. The van der Waals surface area contributed by atoms with E-state index in [9.17, 15) is 4.79 Å². The quantitative estimate of drug-likeness (QED) is 0.614. The van der Waals surface area contributed by atoms with Gasteiger partial charge in [0.2, 0.25) is 0 Å². The van der Waals surface area contributed by atoms with E-state index in [1.54, 1.807) is 6.08 Å². The third-order valence-electron chi connectivity index (χ3n) is 3.53. The molecule has 0 saturated heterocycles. The van der Waals surface area contributed by atoms with Gasteiger partial charge in [0.15, 0.2) is 5.78 Å². The Kier molecular flexibility index (Phi) is 3.52. The van der Waals surface area contributed by atoms with Gasteiger partial charge in [0, 0.05) is 5.92 Å². The van der Waals surface area contributed by atoms with E-state index >= 15 is 0 Å². The van der Waals surface area contributed by atoms with Crippen molar-refractivity contribution >= 4 is 5.78 Å². The second-order valence-electron chi connectivity index (χ2n) is 5.24. The molecule has 0 unspecified atom stereocenters. The molecule has 2 atom stereocenters. The summed E-state index contributed by atoms with van der Waals surface area (Å²) in [5.41, 5.74) is 0.189. The number of carbonyl (C=O) groups is 1. The lowest BCUT2D eigenvalue weighted by Gasteiger charge is -2.41. The van der Waals surface area contributed by atoms with E-state index in [1.807, 2.05) is 13.0 Å². The molecule has 0 aromatic carbocycles. The molecule has 80 valence electrons. The smallest absolute Gasteiger partial charge is 0.159 e. The molecule has 1 nitrogen and oxygen atoms in total. The van der Waals surface area contributed by atoms with E-state index in [1.165, 1.54) is 19.3 Å². The molecule has 0 radical (unpaired) electrons. The molecular weight excluding hydrogens is 172 g/mol. The molecule has 1 aliphatic rings. The molecule has 1 heteroatoms. The number of hydrogen-bond acceptors (Lipinski definition) is 1. The van der Waals surface area contributed by atoms with Gasteiger partial charge in [-0.15, -0.1) is 0 Å². The summed E-state index contributed by atoms with van der Waals surface area (Å²) in [6, 6.07) is 0. The van der Waals surface area contributed by atoms with E-state index in [4.69, 9.17) is 0 Å². The minimum atomic E-state index is 0.189. The van der Waals surface area contributed by atoms with Gasteiger partial charge in [0.1, 0.15) is 0 Å². The highest BCUT2D eigenvalue weighted by Crippen LogP contribution is 2.44. The highest BCUT2D eigenvalue weighted by atomic mass is 16.1. The van der Waals surface area contributed by atoms with Crippen LogP contribution in [0.4, 0.5) is 0 Å². The van der Waals surface area contributed by atoms with Gasteiger partial charge in [-0.2, -0.15) is 0 Å². The van der Waals surface area contributed by atoms with Crippen LogP contribution in [0.15, 0.2) is 12.2 Å². The third-order valence-corrected chi connectivity index (χ3v) is 3.53. The van der Waals surface area contributed by atoms with Crippen LogP contribution >= 0.6 is 0 Å². The number of allylic oxidation sites excluding steroid dienone is 2. The van der Waals surface area contributed by atoms with Crippen LogP contribution in [-0.2, 0) is 4.79 Å². The fourth-order valence-corrected chi connectivity index (χ4v) is 2.91. The van der Waals surface area contributed by atoms with E-state index in [0.717, 1.165) is 0 Å². The van der Waals surface area contributed by atoms with Crippen LogP contribution in [0.1, 0.15) is 47.0 Å². The minimum Gasteiger partial charge on any atom is -0.295 e. The fraction of sp³-hybridized carbons (Fsp3) is 0.769. The summed E-state index contributed by atoms with van der Waals surface area (Å²) in [6.07, 6.45) is 7.27. The summed E-state index contributed by atoms with van der Waals surface area (Å²) >= 11 is 0. The van der Waals surface area contributed by atoms with Crippen molar-refractivity contribution in [3.05, 3.63) is 12.2 Å². The first kappa shape index (κ1) is 11.5. The van der Waals surface area contributed by atoms with Gasteiger partial charge in [0.05, 0.1) is 0 Å². The van der Waals surface area contributed by atoms with Crippen molar-refractivity contribution in [3.8, 4) is 0 Å². The molecule has 1 rings (SSSR count). The SMILES string of the molecule is C/C=C\C(=O)[C@H]1[C@@H](C)CCCC1(C)C. The molecule has 0 N–H and O–H groups in total. The molecule has 0 amide bonds. The van der Waals surface area contributed by atoms with Crippen molar-refractivity contribution < 1.29 is 4.79 Å². The maximum atomic E-state index is 11.9. The Morgan fingerprint density at radius 1 is 1.43 bits per heavy atom. The van der Waals surface area contributed by atoms with Crippen LogP contribution in [0.3, 0.4) is 0 Å². The zero-order valence-corrected chi connectivity index (χ0v) is 9.84. The topological polar surface area (TPSA) is 17.1 Å². The van der Waals surface area contributed by atoms with E-state index in [2.05, 4.69) is 20.8 Å². The predicted octanol–water partition coefficient (Wildman–Crippen LogP) is 3.59. The van der Waals surface area contributed by atoms with Gasteiger partial charge >= 0.3 is 0 Å². The van der Waals surface area contributed by atoms with Crippen LogP contribution in [0.25, 0.3) is 0 Å². The maximum absolute atomic E-state index is 11.9. The molecule has 14 heavy (non-hydrogen) atoms. The largest absolute Gasteiger partial charge is 0.295 e. The molecule has 0 aromatic rings. The summed E-state index contributed by atoms with van der Waals surface area (Å²) in [7, 11) is 0. The Morgan fingerprint density at radius 3 is 2.57 bits per heavy atom. The van der Waals surface area contributed by atoms with Crippen LogP contribution < -0.4 is 0 Å². The summed E-state index contributed by atoms with van der Waals surface area (Å²) in [5, 5.41) is 0. The Morgan fingerprint density at radius 2 is 2.07 bits per heavy atom. The van der Waals surface area contributed by atoms with Crippen molar-refractivity contribution in [3.63, 3.8) is 0 Å². The Bertz CT molecular complexity index is 238. The average Bonchev–Trinajstić information content (AvgIpc) is 2.02. The number of hydrogen-bond donors (Lipinski definition) is 0. The van der Waals surface area contributed by atoms with Gasteiger partial charge in [0.25, 0.3) is 0 Å². The zero-order chi connectivity index (χ0) is 10.8. The van der Waals surface area contributed by atoms with Gasteiger partial charge in [-0.1, -0.05) is 33.3 Å². The first-order valence-electron chi connectivity index (χ1n) is 5.65. The minimum absolute atomic E-state index is 0.189. The van der Waals surface area contributed by atoms with E-state index < -0.39 is 0 Å². The van der Waals surface area contributed by atoms with E-state index in [0.29, 0.717) is 11.7 Å². The monoisotopic (exact) mass is 194 g/mol. The molecule has 0 heterocycles. The summed E-state index contributed by atoms with van der Waals surface area (Å²) < 4.78 is 0. The Labute approximate surface area is 87.6 Å². The summed E-state index contributed by atoms with van der Waals surface area (Å²) in [6.45, 7) is 8.59. The van der Waals surface area contributed by atoms with Gasteiger partial charge < -0.3 is 0 Å². The van der Waals surface area contributed by atoms with Gasteiger partial charge in [-0.05, 0) is 37.2 Å². The lowest BCUT2D eigenvalue weighted by Crippen LogP contribution is -2.38. The van der Waals surface area contributed by atoms with Crippen molar-refractivity contribution in [2.75, 3.05) is 0 Å². The molecule has 0 aliphatic heterocycles. The highest BCUT2D eigenvalue weighted by Gasteiger charge is 2.40. The van der Waals surface area contributed by atoms with Crippen LogP contribution in [0.2, 0.25) is 0 Å². The van der Waals surface area contributed by atoms with Crippen LogP contribution in [0.5, 0.6) is 0 Å². The second kappa shape index (κ2) is 4.29. The van der Waals surface area contributed by atoms with Crippen LogP contribution in [-0.4, -0.2) is 5.78 Å².